The standard InChI is InChI=1S/C16H14N6O4/c23-16(17-9-14-18-15(20-26-14)10-1-2-10)13-7-8-21(19-13)11-3-5-12(6-4-11)22(24)25/h3-8,10H,1-2,9H2,(H,17,23). The van der Waals surface area contributed by atoms with Crippen LogP contribution < -0.4 is 5.32 Å². The van der Waals surface area contributed by atoms with E-state index in [1.807, 2.05) is 0 Å². The van der Waals surface area contributed by atoms with Crippen LogP contribution in [-0.4, -0.2) is 30.8 Å². The Kier molecular flexibility index (Phi) is 3.92. The van der Waals surface area contributed by atoms with Crippen molar-refractivity contribution in [2.24, 2.45) is 0 Å². The van der Waals surface area contributed by atoms with E-state index in [-0.39, 0.29) is 23.8 Å². The molecule has 26 heavy (non-hydrogen) atoms. The molecular weight excluding hydrogens is 340 g/mol. The highest BCUT2D eigenvalue weighted by atomic mass is 16.6. The third-order valence-corrected chi connectivity index (χ3v) is 3.97. The molecule has 1 amide bonds. The normalized spacial score (nSPS) is 13.5. The van der Waals surface area contributed by atoms with E-state index in [9.17, 15) is 14.9 Å². The van der Waals surface area contributed by atoms with Crippen LogP contribution in [0.3, 0.4) is 0 Å². The van der Waals surface area contributed by atoms with Gasteiger partial charge in [-0.05, 0) is 31.0 Å². The van der Waals surface area contributed by atoms with E-state index in [0.717, 1.165) is 12.8 Å². The Bertz CT molecular complexity index is 957. The first-order valence-corrected chi connectivity index (χ1v) is 8.01. The summed E-state index contributed by atoms with van der Waals surface area (Å²) in [4.78, 5) is 26.6. The fraction of sp³-hybridized carbons (Fsp3) is 0.250. The maximum atomic E-state index is 12.2. The molecular formula is C16H14N6O4. The second kappa shape index (κ2) is 6.39. The summed E-state index contributed by atoms with van der Waals surface area (Å²) < 4.78 is 6.57. The molecule has 0 aliphatic heterocycles. The minimum atomic E-state index is -0.474. The van der Waals surface area contributed by atoms with Crippen molar-refractivity contribution in [3.05, 3.63) is 64.1 Å². The molecule has 0 unspecified atom stereocenters. The largest absolute Gasteiger partial charge is 0.342 e. The minimum Gasteiger partial charge on any atom is -0.342 e. The fourth-order valence-corrected chi connectivity index (χ4v) is 2.41. The number of amides is 1. The Balaban J connectivity index is 1.39. The first-order valence-electron chi connectivity index (χ1n) is 8.01. The molecule has 1 aromatic carbocycles. The summed E-state index contributed by atoms with van der Waals surface area (Å²) in [6.07, 6.45) is 3.75. The summed E-state index contributed by atoms with van der Waals surface area (Å²) in [5, 5.41) is 21.4. The van der Waals surface area contributed by atoms with Crippen molar-refractivity contribution in [3.8, 4) is 5.69 Å². The van der Waals surface area contributed by atoms with Gasteiger partial charge in [0.15, 0.2) is 11.5 Å². The van der Waals surface area contributed by atoms with Crippen LogP contribution in [0.1, 0.15) is 41.0 Å². The Hall–Kier alpha value is -3.56. The fourth-order valence-electron chi connectivity index (χ4n) is 2.41. The number of nitrogens with one attached hydrogen (secondary N) is 1. The van der Waals surface area contributed by atoms with Gasteiger partial charge in [0.1, 0.15) is 0 Å². The number of carbonyl (C=O) groups excluding carboxylic acids is 1. The van der Waals surface area contributed by atoms with E-state index in [1.54, 1.807) is 24.4 Å². The van der Waals surface area contributed by atoms with Crippen LogP contribution in [0.15, 0.2) is 41.1 Å². The lowest BCUT2D eigenvalue weighted by Gasteiger charge is -2.01. The van der Waals surface area contributed by atoms with E-state index >= 15 is 0 Å². The summed E-state index contributed by atoms with van der Waals surface area (Å²) in [5.41, 5.74) is 0.815. The molecule has 1 fully saturated rings. The third kappa shape index (κ3) is 3.29. The Labute approximate surface area is 147 Å². The third-order valence-electron chi connectivity index (χ3n) is 3.97. The molecule has 2 heterocycles. The molecule has 1 saturated carbocycles. The number of nitrogens with zero attached hydrogens (tertiary/aromatic N) is 5. The molecule has 0 bridgehead atoms. The van der Waals surface area contributed by atoms with Crippen molar-refractivity contribution in [2.75, 3.05) is 0 Å². The number of nitro groups is 1. The molecule has 4 rings (SSSR count). The van der Waals surface area contributed by atoms with Gasteiger partial charge < -0.3 is 9.84 Å². The lowest BCUT2D eigenvalue weighted by Crippen LogP contribution is -2.23. The lowest BCUT2D eigenvalue weighted by atomic mass is 10.3. The van der Waals surface area contributed by atoms with Crippen LogP contribution in [0.4, 0.5) is 5.69 Å². The first kappa shape index (κ1) is 15.9. The number of non-ortho nitro benzene ring substituents is 1. The van der Waals surface area contributed by atoms with Crippen molar-refractivity contribution in [1.29, 1.82) is 0 Å². The number of nitro benzene ring substituents is 1. The van der Waals surface area contributed by atoms with Gasteiger partial charge in [-0.3, -0.25) is 14.9 Å². The van der Waals surface area contributed by atoms with Crippen molar-refractivity contribution in [3.63, 3.8) is 0 Å². The summed E-state index contributed by atoms with van der Waals surface area (Å²) in [6, 6.07) is 7.43. The van der Waals surface area contributed by atoms with Gasteiger partial charge in [-0.25, -0.2) is 4.68 Å². The number of hydrogen-bond acceptors (Lipinski definition) is 7. The molecule has 0 spiro atoms. The van der Waals surface area contributed by atoms with E-state index in [2.05, 4.69) is 20.6 Å². The molecule has 1 aliphatic rings. The van der Waals surface area contributed by atoms with Gasteiger partial charge in [0.05, 0.1) is 17.2 Å². The van der Waals surface area contributed by atoms with Crippen LogP contribution in [0.25, 0.3) is 5.69 Å². The highest BCUT2D eigenvalue weighted by molar-refractivity contribution is 5.92. The molecule has 0 atom stereocenters. The zero-order valence-corrected chi connectivity index (χ0v) is 13.5. The van der Waals surface area contributed by atoms with Gasteiger partial charge in [-0.15, -0.1) is 0 Å². The van der Waals surface area contributed by atoms with Crippen molar-refractivity contribution < 1.29 is 14.2 Å². The van der Waals surface area contributed by atoms with Crippen LogP contribution >= 0.6 is 0 Å². The van der Waals surface area contributed by atoms with Gasteiger partial charge >= 0.3 is 0 Å². The van der Waals surface area contributed by atoms with Gasteiger partial charge in [0.25, 0.3) is 11.6 Å². The molecule has 10 nitrogen and oxygen atoms in total. The molecule has 3 aromatic rings. The van der Waals surface area contributed by atoms with Crippen molar-refractivity contribution in [2.45, 2.75) is 25.3 Å². The smallest absolute Gasteiger partial charge is 0.272 e. The van der Waals surface area contributed by atoms with Crippen LogP contribution in [-0.2, 0) is 6.54 Å². The summed E-state index contributed by atoms with van der Waals surface area (Å²) in [5.74, 6) is 1.06. The molecule has 2 aromatic heterocycles. The molecule has 1 aliphatic carbocycles. The predicted octanol–water partition coefficient (Wildman–Crippen LogP) is 1.97. The molecule has 132 valence electrons. The van der Waals surface area contributed by atoms with E-state index in [0.29, 0.717) is 23.3 Å². The quantitative estimate of drug-likeness (QED) is 0.529. The van der Waals surface area contributed by atoms with Gasteiger partial charge in [0, 0.05) is 24.2 Å². The lowest BCUT2D eigenvalue weighted by molar-refractivity contribution is -0.384. The van der Waals surface area contributed by atoms with Gasteiger partial charge in [-0.2, -0.15) is 10.1 Å². The SMILES string of the molecule is O=C(NCc1nc(C2CC2)no1)c1ccn(-c2ccc([N+](=O)[O-])cc2)n1. The van der Waals surface area contributed by atoms with E-state index in [1.165, 1.54) is 16.8 Å². The highest BCUT2D eigenvalue weighted by Gasteiger charge is 2.28. The maximum Gasteiger partial charge on any atom is 0.272 e. The van der Waals surface area contributed by atoms with Crippen LogP contribution in [0, 0.1) is 10.1 Å². The predicted molar refractivity (Wildman–Crippen MR) is 87.7 cm³/mol. The summed E-state index contributed by atoms with van der Waals surface area (Å²) in [6.45, 7) is 0.128. The number of hydrogen-bond donors (Lipinski definition) is 1. The van der Waals surface area contributed by atoms with Crippen molar-refractivity contribution in [1.82, 2.24) is 25.2 Å². The molecule has 0 radical (unpaired) electrons. The average molecular weight is 354 g/mol. The summed E-state index contributed by atoms with van der Waals surface area (Å²) >= 11 is 0. The Morgan fingerprint density at radius 2 is 2.08 bits per heavy atom. The monoisotopic (exact) mass is 354 g/mol. The summed E-state index contributed by atoms with van der Waals surface area (Å²) in [7, 11) is 0. The minimum absolute atomic E-state index is 0.0102. The van der Waals surface area contributed by atoms with Gasteiger partial charge in [0.2, 0.25) is 5.89 Å². The zero-order valence-electron chi connectivity index (χ0n) is 13.5. The topological polar surface area (TPSA) is 129 Å². The first-order chi connectivity index (χ1) is 12.6. The molecule has 1 N–H and O–H groups in total. The van der Waals surface area contributed by atoms with Crippen molar-refractivity contribution >= 4 is 11.6 Å². The number of rotatable bonds is 6. The second-order valence-corrected chi connectivity index (χ2v) is 5.92. The second-order valence-electron chi connectivity index (χ2n) is 5.92. The highest BCUT2D eigenvalue weighted by Crippen LogP contribution is 2.38. The van der Waals surface area contributed by atoms with Crippen LogP contribution in [0.2, 0.25) is 0 Å². The molecule has 0 saturated heterocycles. The average Bonchev–Trinajstić information content (AvgIpc) is 3.19. The van der Waals surface area contributed by atoms with Crippen LogP contribution in [0.5, 0.6) is 0 Å². The molecule has 10 heteroatoms. The maximum absolute atomic E-state index is 12.2. The number of benzene rings is 1. The van der Waals surface area contributed by atoms with E-state index < -0.39 is 4.92 Å². The number of aromatic nitrogens is 4. The number of carbonyl (C=O) groups is 1. The Morgan fingerprint density at radius 1 is 1.31 bits per heavy atom. The zero-order chi connectivity index (χ0) is 18.1. The van der Waals surface area contributed by atoms with E-state index in [4.69, 9.17) is 4.52 Å². The Morgan fingerprint density at radius 3 is 2.77 bits per heavy atom. The van der Waals surface area contributed by atoms with Gasteiger partial charge in [-0.1, -0.05) is 5.16 Å².